The summed E-state index contributed by atoms with van der Waals surface area (Å²) in [6.45, 7) is 34.8. The van der Waals surface area contributed by atoms with Crippen LogP contribution in [0.4, 0.5) is 0 Å². The van der Waals surface area contributed by atoms with E-state index in [1.54, 1.807) is 25.7 Å². The second-order valence-corrected chi connectivity index (χ2v) is 31.1. The summed E-state index contributed by atoms with van der Waals surface area (Å²) in [5.74, 6) is 1.04. The van der Waals surface area contributed by atoms with Gasteiger partial charge in [0.15, 0.2) is 0 Å². The zero-order chi connectivity index (χ0) is 74.2. The summed E-state index contributed by atoms with van der Waals surface area (Å²) < 4.78 is 51.2. The van der Waals surface area contributed by atoms with Crippen LogP contribution in [-0.4, -0.2) is 13.7 Å². The summed E-state index contributed by atoms with van der Waals surface area (Å²) in [4.78, 5) is 0. The molecule has 5 aromatic heterocycles. The molecule has 0 aliphatic carbocycles. The normalized spacial score (nSPS) is 12.6. The molecule has 0 unspecified atom stereocenters. The molecule has 0 fully saturated rings. The van der Waals surface area contributed by atoms with E-state index in [-0.39, 0.29) is 51.2 Å². The Balaban J connectivity index is 0.000000132. The van der Waals surface area contributed by atoms with Crippen LogP contribution in [0.5, 0.6) is 0 Å². The molecule has 0 spiro atoms. The van der Waals surface area contributed by atoms with Gasteiger partial charge in [0.25, 0.3) is 0 Å². The van der Waals surface area contributed by atoms with Crippen molar-refractivity contribution in [3.05, 3.63) is 331 Å². The van der Waals surface area contributed by atoms with Crippen LogP contribution in [-0.2, 0) is 27.1 Å². The van der Waals surface area contributed by atoms with E-state index in [1.165, 1.54) is 93.6 Å². The highest BCUT2D eigenvalue weighted by Crippen LogP contribution is 2.44. The molecule has 504 valence electrons. The standard InChI is InChI=1S/C29H27N.C28H25N.C22H21N.2C8H12O/c1-20-11-9-12-21(19-20)22-15-10-18-27(28(22)29(2,3)4)30-25-16-7-5-13-23(25)24-14-6-8-17-26(24)30;1-28(2,3)27-21(20-12-5-4-6-13-20)16-11-19-26(27)29-24-17-9-7-14-22(24)23-15-8-10-18-25(23)29;1-22(2,3)18-12-6-9-15-21(18)23-19-13-7-4-10-16(19)17-11-5-8-14-20(17)23;1-8(2,3)7-4-5-9-6-7;1-8(2,3)7-5-4-6-9-7/h5-19H,1-4H3;4-19H,1-3H3;4-15H,1-3H3;2*4-6H,1-3H3/i9D,11D,12D,19D;;;;. The van der Waals surface area contributed by atoms with Crippen molar-refractivity contribution in [3.8, 4) is 39.3 Å². The Morgan fingerprint density at radius 2 is 0.690 bits per heavy atom. The minimum absolute atomic E-state index is 0.00571. The molecule has 100 heavy (non-hydrogen) atoms. The number of fused-ring (bicyclic) bond motifs is 9. The molecule has 0 saturated heterocycles. The SMILES string of the molecule is CC(C)(C)c1c(-c2ccccc2)cccc1-n1c2ccccc2c2ccccc21.CC(C)(C)c1ccccc1-n1c2ccccc2c2ccccc21.CC(C)(C)c1ccco1.CC(C)(C)c1ccoc1.[2H]c1c([2H])c(C)c([2H])c(-c2cccc(-n3c4ccccc4c4ccccc43)c2C(C)(C)C)c1[2H]. The smallest absolute Gasteiger partial charge is 0.109 e. The Labute approximate surface area is 598 Å². The van der Waals surface area contributed by atoms with Crippen molar-refractivity contribution >= 4 is 65.4 Å². The maximum absolute atomic E-state index is 8.79. The van der Waals surface area contributed by atoms with Gasteiger partial charge in [-0.05, 0) is 146 Å². The number of hydrogen-bond donors (Lipinski definition) is 0. The molecule has 0 atom stereocenters. The van der Waals surface area contributed by atoms with Crippen LogP contribution in [0.2, 0.25) is 0 Å². The first-order valence-electron chi connectivity index (χ1n) is 37.0. The number of aromatic nitrogens is 3. The Hall–Kier alpha value is -10.6. The van der Waals surface area contributed by atoms with E-state index in [4.69, 9.17) is 14.3 Å². The van der Waals surface area contributed by atoms with Crippen LogP contribution in [0.1, 0.15) is 143 Å². The monoisotopic (exact) mass is 1320 g/mol. The van der Waals surface area contributed by atoms with Crippen LogP contribution in [0, 0.1) is 6.92 Å². The van der Waals surface area contributed by atoms with E-state index in [1.807, 2.05) is 42.5 Å². The number of nitrogens with zero attached hydrogens (tertiary/aromatic N) is 3. The van der Waals surface area contributed by atoms with Gasteiger partial charge in [-0.3, -0.25) is 0 Å². The number of rotatable bonds is 5. The lowest BCUT2D eigenvalue weighted by Gasteiger charge is -2.28. The van der Waals surface area contributed by atoms with Gasteiger partial charge in [0.1, 0.15) is 5.76 Å². The summed E-state index contributed by atoms with van der Waals surface area (Å²) >= 11 is 0. The zero-order valence-corrected chi connectivity index (χ0v) is 61.1. The minimum Gasteiger partial charge on any atom is -0.472 e. The van der Waals surface area contributed by atoms with Gasteiger partial charge in [0, 0.05) is 43.4 Å². The molecule has 5 heteroatoms. The molecular formula is C95H97N3O2. The second kappa shape index (κ2) is 28.3. The highest BCUT2D eigenvalue weighted by molar-refractivity contribution is 6.11. The van der Waals surface area contributed by atoms with Gasteiger partial charge >= 0.3 is 0 Å². The molecule has 5 heterocycles. The summed E-state index contributed by atoms with van der Waals surface area (Å²) in [5, 5.41) is 7.57. The molecular weight excluding hydrogens is 1220 g/mol. The third-order valence-electron chi connectivity index (χ3n) is 18.5. The van der Waals surface area contributed by atoms with Gasteiger partial charge in [-0.1, -0.05) is 316 Å². The van der Waals surface area contributed by atoms with Gasteiger partial charge in [0.05, 0.1) is 68.7 Å². The van der Waals surface area contributed by atoms with Crippen molar-refractivity contribution in [2.24, 2.45) is 0 Å². The van der Waals surface area contributed by atoms with Crippen LogP contribution >= 0.6 is 0 Å². The van der Waals surface area contributed by atoms with Crippen molar-refractivity contribution in [3.63, 3.8) is 0 Å². The Morgan fingerprint density at radius 3 is 1.04 bits per heavy atom. The molecule has 5 nitrogen and oxygen atoms in total. The Bertz CT molecular complexity index is 5460. The zero-order valence-electron chi connectivity index (χ0n) is 65.1. The van der Waals surface area contributed by atoms with Crippen LogP contribution < -0.4 is 0 Å². The van der Waals surface area contributed by atoms with E-state index in [0.29, 0.717) is 11.1 Å². The van der Waals surface area contributed by atoms with Crippen LogP contribution in [0.3, 0.4) is 0 Å². The van der Waals surface area contributed by atoms with E-state index in [9.17, 15) is 0 Å². The average molecular weight is 1320 g/mol. The Kier molecular flexibility index (Phi) is 18.1. The lowest BCUT2D eigenvalue weighted by atomic mass is 9.80. The van der Waals surface area contributed by atoms with Gasteiger partial charge in [0.2, 0.25) is 0 Å². The topological polar surface area (TPSA) is 41.1 Å². The predicted molar refractivity (Wildman–Crippen MR) is 429 cm³/mol. The summed E-state index contributed by atoms with van der Waals surface area (Å²) in [6.07, 6.45) is 5.21. The quantitative estimate of drug-likeness (QED) is 0.172. The van der Waals surface area contributed by atoms with Gasteiger partial charge in [-0.15, -0.1) is 0 Å². The van der Waals surface area contributed by atoms with Crippen molar-refractivity contribution < 1.29 is 14.3 Å². The van der Waals surface area contributed by atoms with Gasteiger partial charge in [-0.2, -0.15) is 0 Å². The van der Waals surface area contributed by atoms with Crippen molar-refractivity contribution in [2.45, 2.75) is 138 Å². The van der Waals surface area contributed by atoms with Gasteiger partial charge in [-0.25, -0.2) is 0 Å². The molecule has 16 aromatic rings. The molecule has 0 radical (unpaired) electrons. The van der Waals surface area contributed by atoms with Gasteiger partial charge < -0.3 is 22.5 Å². The molecule has 0 bridgehead atoms. The number of furan rings is 2. The predicted octanol–water partition coefficient (Wildman–Crippen LogP) is 27.0. The first-order valence-corrected chi connectivity index (χ1v) is 35.0. The lowest BCUT2D eigenvalue weighted by Crippen LogP contribution is -2.17. The maximum Gasteiger partial charge on any atom is 0.109 e. The van der Waals surface area contributed by atoms with Crippen molar-refractivity contribution in [1.82, 2.24) is 13.7 Å². The lowest BCUT2D eigenvalue weighted by molar-refractivity contribution is 0.409. The minimum atomic E-state index is -0.312. The maximum atomic E-state index is 8.79. The highest BCUT2D eigenvalue weighted by Gasteiger charge is 2.28. The first-order chi connectivity index (χ1) is 49.5. The summed E-state index contributed by atoms with van der Waals surface area (Å²) in [5.41, 5.74) is 20.1. The molecule has 11 aromatic carbocycles. The molecule has 0 amide bonds. The average Bonchev–Trinajstić information content (AvgIpc) is 1.56. The molecule has 0 saturated carbocycles. The molecule has 0 N–H and O–H groups in total. The molecule has 16 rings (SSSR count). The Morgan fingerprint density at radius 1 is 0.310 bits per heavy atom. The largest absolute Gasteiger partial charge is 0.472 e. The molecule has 0 aliphatic rings. The van der Waals surface area contributed by atoms with Crippen molar-refractivity contribution in [1.29, 1.82) is 0 Å². The third kappa shape index (κ3) is 14.5. The molecule has 0 aliphatic heterocycles. The third-order valence-corrected chi connectivity index (χ3v) is 18.5. The summed E-state index contributed by atoms with van der Waals surface area (Å²) in [7, 11) is 0. The first kappa shape index (κ1) is 64.1. The second-order valence-electron chi connectivity index (χ2n) is 31.1. The fourth-order valence-corrected chi connectivity index (χ4v) is 13.9. The van der Waals surface area contributed by atoms with Crippen LogP contribution in [0.15, 0.2) is 307 Å². The number of hydrogen-bond acceptors (Lipinski definition) is 2. The van der Waals surface area contributed by atoms with E-state index in [2.05, 4.69) is 330 Å². The van der Waals surface area contributed by atoms with Crippen molar-refractivity contribution in [2.75, 3.05) is 0 Å². The number of para-hydroxylation sites is 7. The van der Waals surface area contributed by atoms with Crippen LogP contribution in [0.25, 0.3) is 105 Å². The number of benzene rings is 11. The highest BCUT2D eigenvalue weighted by atomic mass is 16.3. The summed E-state index contributed by atoms with van der Waals surface area (Å²) in [6, 6.07) is 89.6. The fraction of sp³-hybridized carbons (Fsp3) is 0.221. The fourth-order valence-electron chi connectivity index (χ4n) is 13.9. The van der Waals surface area contributed by atoms with E-state index < -0.39 is 0 Å². The van der Waals surface area contributed by atoms with E-state index >= 15 is 0 Å². The van der Waals surface area contributed by atoms with E-state index in [0.717, 1.165) is 33.6 Å².